The molecular formula is C23H26F2O. The smallest absolute Gasteiger partial charge is 0.288 e. The lowest BCUT2D eigenvalue weighted by atomic mass is 9.77. The van der Waals surface area contributed by atoms with Crippen LogP contribution < -0.4 is 0 Å². The van der Waals surface area contributed by atoms with Crippen molar-refractivity contribution in [2.24, 2.45) is 5.92 Å². The number of carbonyl (C=O) groups excluding carboxylic acids is 1. The molecule has 2 aromatic rings. The van der Waals surface area contributed by atoms with Gasteiger partial charge in [-0.3, -0.25) is 4.79 Å². The van der Waals surface area contributed by atoms with Gasteiger partial charge in [0, 0.05) is 5.56 Å². The highest BCUT2D eigenvalue weighted by Crippen LogP contribution is 2.38. The molecule has 1 aliphatic carbocycles. The van der Waals surface area contributed by atoms with Crippen LogP contribution in [-0.2, 0) is 0 Å². The summed E-state index contributed by atoms with van der Waals surface area (Å²) >= 11 is 0. The number of hydrogen-bond acceptors (Lipinski definition) is 1. The quantitative estimate of drug-likeness (QED) is 0.516. The van der Waals surface area contributed by atoms with Crippen molar-refractivity contribution in [3.63, 3.8) is 0 Å². The van der Waals surface area contributed by atoms with E-state index in [0.29, 0.717) is 5.92 Å². The average Bonchev–Trinajstić information content (AvgIpc) is 2.68. The molecule has 1 saturated carbocycles. The summed E-state index contributed by atoms with van der Waals surface area (Å²) in [5.74, 6) is 0.443. The lowest BCUT2D eigenvalue weighted by molar-refractivity contribution is 0.0679. The highest BCUT2D eigenvalue weighted by atomic mass is 19.3. The SMILES string of the molecule is CCCC1CCC(c2ccc(-c3ccc(C(=O)C(F)F)cc3)cc2)CC1. The largest absolute Gasteiger partial charge is 0.300 e. The number of halogens is 2. The van der Waals surface area contributed by atoms with Gasteiger partial charge < -0.3 is 0 Å². The molecule has 0 bridgehead atoms. The summed E-state index contributed by atoms with van der Waals surface area (Å²) in [6.07, 6.45) is 4.90. The highest BCUT2D eigenvalue weighted by molar-refractivity contribution is 5.98. The third kappa shape index (κ3) is 4.38. The maximum absolute atomic E-state index is 12.5. The number of carbonyl (C=O) groups is 1. The summed E-state index contributed by atoms with van der Waals surface area (Å²) in [5, 5.41) is 0. The molecule has 1 nitrogen and oxygen atoms in total. The second kappa shape index (κ2) is 8.57. The molecule has 3 heteroatoms. The van der Waals surface area contributed by atoms with Crippen LogP contribution in [0.2, 0.25) is 0 Å². The Morgan fingerprint density at radius 3 is 1.96 bits per heavy atom. The molecule has 1 fully saturated rings. The van der Waals surface area contributed by atoms with Gasteiger partial charge in [-0.2, -0.15) is 0 Å². The van der Waals surface area contributed by atoms with Crippen molar-refractivity contribution in [3.05, 3.63) is 59.7 Å². The first-order chi connectivity index (χ1) is 12.6. The molecule has 0 radical (unpaired) electrons. The van der Waals surface area contributed by atoms with Crippen molar-refractivity contribution in [2.45, 2.75) is 57.8 Å². The van der Waals surface area contributed by atoms with E-state index < -0.39 is 12.2 Å². The van der Waals surface area contributed by atoms with Gasteiger partial charge in [0.1, 0.15) is 0 Å². The zero-order chi connectivity index (χ0) is 18.5. The molecule has 0 atom stereocenters. The van der Waals surface area contributed by atoms with E-state index in [0.717, 1.165) is 17.0 Å². The van der Waals surface area contributed by atoms with E-state index in [-0.39, 0.29) is 5.56 Å². The fourth-order valence-electron chi connectivity index (χ4n) is 4.09. The number of alkyl halides is 2. The summed E-state index contributed by atoms with van der Waals surface area (Å²) in [6, 6.07) is 15.0. The second-order valence-electron chi connectivity index (χ2n) is 7.37. The Morgan fingerprint density at radius 1 is 0.923 bits per heavy atom. The van der Waals surface area contributed by atoms with Gasteiger partial charge in [-0.05, 0) is 54.2 Å². The van der Waals surface area contributed by atoms with Crippen molar-refractivity contribution in [3.8, 4) is 11.1 Å². The van der Waals surface area contributed by atoms with Crippen LogP contribution in [0.4, 0.5) is 8.78 Å². The number of hydrogen-bond donors (Lipinski definition) is 0. The van der Waals surface area contributed by atoms with Gasteiger partial charge in [0.15, 0.2) is 0 Å². The minimum atomic E-state index is -2.95. The maximum Gasteiger partial charge on any atom is 0.300 e. The van der Waals surface area contributed by atoms with E-state index in [9.17, 15) is 13.6 Å². The highest BCUT2D eigenvalue weighted by Gasteiger charge is 2.22. The van der Waals surface area contributed by atoms with E-state index >= 15 is 0 Å². The molecule has 0 aliphatic heterocycles. The summed E-state index contributed by atoms with van der Waals surface area (Å²) in [5.41, 5.74) is 3.44. The minimum absolute atomic E-state index is 0.0595. The molecular weight excluding hydrogens is 330 g/mol. The molecule has 1 aliphatic rings. The molecule has 0 saturated heterocycles. The van der Waals surface area contributed by atoms with Gasteiger partial charge in [0.2, 0.25) is 5.78 Å². The van der Waals surface area contributed by atoms with E-state index in [1.165, 1.54) is 56.2 Å². The molecule has 0 N–H and O–H groups in total. The standard InChI is InChI=1S/C23H26F2O/c1-2-3-16-4-6-17(7-5-16)18-8-10-19(11-9-18)20-12-14-21(15-13-20)22(26)23(24)25/h8-17,23H,2-7H2,1H3. The first-order valence-electron chi connectivity index (χ1n) is 9.61. The number of Topliss-reactive ketones (excluding diaryl/α,β-unsaturated/α-hetero) is 1. The van der Waals surface area contributed by atoms with Crippen LogP contribution in [0, 0.1) is 5.92 Å². The van der Waals surface area contributed by atoms with Crippen LogP contribution in [0.3, 0.4) is 0 Å². The molecule has 3 rings (SSSR count). The van der Waals surface area contributed by atoms with Crippen LogP contribution in [-0.4, -0.2) is 12.2 Å². The zero-order valence-corrected chi connectivity index (χ0v) is 15.3. The summed E-state index contributed by atoms with van der Waals surface area (Å²) in [4.78, 5) is 11.3. The minimum Gasteiger partial charge on any atom is -0.288 e. The fourth-order valence-corrected chi connectivity index (χ4v) is 4.09. The monoisotopic (exact) mass is 356 g/mol. The van der Waals surface area contributed by atoms with E-state index in [1.54, 1.807) is 12.1 Å². The van der Waals surface area contributed by atoms with Gasteiger partial charge in [0.25, 0.3) is 0 Å². The number of ketones is 1. The van der Waals surface area contributed by atoms with Crippen LogP contribution >= 0.6 is 0 Å². The van der Waals surface area contributed by atoms with Gasteiger partial charge in [0.05, 0.1) is 0 Å². The molecule has 0 aromatic heterocycles. The molecule has 138 valence electrons. The predicted molar refractivity (Wildman–Crippen MR) is 102 cm³/mol. The maximum atomic E-state index is 12.5. The lowest BCUT2D eigenvalue weighted by Gasteiger charge is -2.28. The Morgan fingerprint density at radius 2 is 1.46 bits per heavy atom. The van der Waals surface area contributed by atoms with Crippen molar-refractivity contribution in [1.82, 2.24) is 0 Å². The Labute approximate surface area is 154 Å². The van der Waals surface area contributed by atoms with Crippen LogP contribution in [0.25, 0.3) is 11.1 Å². The van der Waals surface area contributed by atoms with Crippen molar-refractivity contribution >= 4 is 5.78 Å². The van der Waals surface area contributed by atoms with Crippen molar-refractivity contribution in [2.75, 3.05) is 0 Å². The van der Waals surface area contributed by atoms with Gasteiger partial charge in [-0.15, -0.1) is 0 Å². The summed E-state index contributed by atoms with van der Waals surface area (Å²) in [6.45, 7) is 2.26. The Kier molecular flexibility index (Phi) is 6.18. The Bertz CT molecular complexity index is 711. The fraction of sp³-hybridized carbons (Fsp3) is 0.435. The molecule has 0 heterocycles. The third-order valence-electron chi connectivity index (χ3n) is 5.63. The van der Waals surface area contributed by atoms with Gasteiger partial charge >= 0.3 is 6.43 Å². The number of rotatable bonds is 6. The average molecular weight is 356 g/mol. The van der Waals surface area contributed by atoms with Crippen molar-refractivity contribution < 1.29 is 13.6 Å². The van der Waals surface area contributed by atoms with Gasteiger partial charge in [-0.25, -0.2) is 8.78 Å². The normalized spacial score (nSPS) is 20.3. The van der Waals surface area contributed by atoms with E-state index in [4.69, 9.17) is 0 Å². The van der Waals surface area contributed by atoms with Crippen LogP contribution in [0.15, 0.2) is 48.5 Å². The first kappa shape index (κ1) is 18.8. The van der Waals surface area contributed by atoms with E-state index in [2.05, 4.69) is 31.2 Å². The summed E-state index contributed by atoms with van der Waals surface area (Å²) in [7, 11) is 0. The van der Waals surface area contributed by atoms with Gasteiger partial charge in [-0.1, -0.05) is 68.3 Å². The van der Waals surface area contributed by atoms with Crippen LogP contribution in [0.5, 0.6) is 0 Å². The molecule has 0 spiro atoms. The van der Waals surface area contributed by atoms with E-state index in [1.807, 2.05) is 0 Å². The molecule has 26 heavy (non-hydrogen) atoms. The molecule has 2 aromatic carbocycles. The Hall–Kier alpha value is -2.03. The van der Waals surface area contributed by atoms with Crippen molar-refractivity contribution in [1.29, 1.82) is 0 Å². The first-order valence-corrected chi connectivity index (χ1v) is 9.61. The lowest BCUT2D eigenvalue weighted by Crippen LogP contribution is -2.13. The second-order valence-corrected chi connectivity index (χ2v) is 7.37. The van der Waals surface area contributed by atoms with Crippen LogP contribution in [0.1, 0.15) is 67.3 Å². The Balaban J connectivity index is 1.65. The molecule has 0 amide bonds. The topological polar surface area (TPSA) is 17.1 Å². The predicted octanol–water partition coefficient (Wildman–Crippen LogP) is 6.88. The number of benzene rings is 2. The summed E-state index contributed by atoms with van der Waals surface area (Å²) < 4.78 is 25.0. The third-order valence-corrected chi connectivity index (χ3v) is 5.63. The zero-order valence-electron chi connectivity index (χ0n) is 15.3. The molecule has 0 unspecified atom stereocenters.